The van der Waals surface area contributed by atoms with Gasteiger partial charge in [-0.1, -0.05) is 55.2 Å². The minimum atomic E-state index is -1.20. The van der Waals surface area contributed by atoms with Crippen LogP contribution < -0.4 is 15.2 Å². The summed E-state index contributed by atoms with van der Waals surface area (Å²) in [5.41, 5.74) is 2.40. The van der Waals surface area contributed by atoms with Crippen molar-refractivity contribution >= 4 is 18.9 Å². The van der Waals surface area contributed by atoms with Crippen LogP contribution in [0.2, 0.25) is 19.6 Å². The van der Waals surface area contributed by atoms with Crippen LogP contribution in [0.3, 0.4) is 0 Å². The second-order valence-corrected chi connectivity index (χ2v) is 11.3. The molecule has 21 heavy (non-hydrogen) atoms. The maximum absolute atomic E-state index is 5.52. The average molecular weight is 299 g/mol. The number of rotatable bonds is 6. The van der Waals surface area contributed by atoms with E-state index in [1.54, 1.807) is 0 Å². The second-order valence-electron chi connectivity index (χ2n) is 6.26. The Morgan fingerprint density at radius 2 is 1.71 bits per heavy atom. The first kappa shape index (κ1) is 15.6. The molecule has 2 rings (SSSR count). The van der Waals surface area contributed by atoms with Crippen LogP contribution in [0.25, 0.3) is 0 Å². The van der Waals surface area contributed by atoms with Gasteiger partial charge < -0.3 is 10.1 Å². The molecule has 0 aliphatic heterocycles. The first-order valence-corrected chi connectivity index (χ1v) is 11.0. The fourth-order valence-corrected chi connectivity index (χ4v) is 3.36. The molecule has 0 amide bonds. The molecule has 0 bridgehead atoms. The Labute approximate surface area is 129 Å². The van der Waals surface area contributed by atoms with Crippen LogP contribution in [-0.4, -0.2) is 14.7 Å². The van der Waals surface area contributed by atoms with Crippen molar-refractivity contribution in [2.75, 3.05) is 11.9 Å². The molecular weight excluding hydrogens is 274 g/mol. The van der Waals surface area contributed by atoms with Crippen molar-refractivity contribution in [3.8, 4) is 5.75 Å². The summed E-state index contributed by atoms with van der Waals surface area (Å²) < 4.78 is 5.52. The molecule has 0 atom stereocenters. The predicted molar refractivity (Wildman–Crippen MR) is 94.4 cm³/mol. The van der Waals surface area contributed by atoms with E-state index in [1.807, 2.05) is 25.1 Å². The molecule has 0 aromatic heterocycles. The number of hydrogen-bond acceptors (Lipinski definition) is 2. The lowest BCUT2D eigenvalue weighted by atomic mass is 10.2. The van der Waals surface area contributed by atoms with Crippen LogP contribution in [0.4, 0.5) is 5.69 Å². The van der Waals surface area contributed by atoms with Gasteiger partial charge in [-0.25, -0.2) is 0 Å². The van der Waals surface area contributed by atoms with Crippen LogP contribution in [0.15, 0.2) is 48.5 Å². The van der Waals surface area contributed by atoms with Gasteiger partial charge in [0, 0.05) is 18.3 Å². The zero-order valence-corrected chi connectivity index (χ0v) is 14.4. The zero-order valence-electron chi connectivity index (χ0n) is 13.4. The molecule has 0 unspecified atom stereocenters. The van der Waals surface area contributed by atoms with E-state index in [4.69, 9.17) is 4.74 Å². The normalized spacial score (nSPS) is 11.2. The van der Waals surface area contributed by atoms with Gasteiger partial charge in [0.15, 0.2) is 0 Å². The van der Waals surface area contributed by atoms with Crippen molar-refractivity contribution in [1.82, 2.24) is 0 Å². The maximum atomic E-state index is 5.52. The Morgan fingerprint density at radius 1 is 1.00 bits per heavy atom. The van der Waals surface area contributed by atoms with Gasteiger partial charge in [-0.3, -0.25) is 0 Å². The third-order valence-corrected chi connectivity index (χ3v) is 5.53. The van der Waals surface area contributed by atoms with E-state index in [9.17, 15) is 0 Å². The molecule has 0 aliphatic carbocycles. The number of ether oxygens (including phenoxy) is 1. The Hall–Kier alpha value is -1.74. The van der Waals surface area contributed by atoms with Gasteiger partial charge in [-0.15, -0.1) is 0 Å². The second kappa shape index (κ2) is 6.81. The summed E-state index contributed by atoms with van der Waals surface area (Å²) in [6, 6.07) is 17.1. The van der Waals surface area contributed by atoms with Crippen LogP contribution in [-0.2, 0) is 6.54 Å². The van der Waals surface area contributed by atoms with Crippen LogP contribution in [0.1, 0.15) is 12.5 Å². The molecule has 2 aromatic carbocycles. The Balaban J connectivity index is 1.98. The quantitative estimate of drug-likeness (QED) is 0.805. The highest BCUT2D eigenvalue weighted by atomic mass is 28.3. The lowest BCUT2D eigenvalue weighted by Crippen LogP contribution is -2.37. The summed E-state index contributed by atoms with van der Waals surface area (Å²) in [4.78, 5) is 0. The molecule has 1 N–H and O–H groups in total. The highest BCUT2D eigenvalue weighted by Crippen LogP contribution is 2.18. The molecule has 0 aliphatic rings. The van der Waals surface area contributed by atoms with Crippen molar-refractivity contribution in [2.24, 2.45) is 0 Å². The smallest absolute Gasteiger partial charge is 0.121 e. The summed E-state index contributed by atoms with van der Waals surface area (Å²) in [6.07, 6.45) is 0. The number of benzene rings is 2. The summed E-state index contributed by atoms with van der Waals surface area (Å²) in [5, 5.41) is 4.95. The molecule has 112 valence electrons. The molecule has 3 heteroatoms. The van der Waals surface area contributed by atoms with Crippen molar-refractivity contribution < 1.29 is 4.74 Å². The summed E-state index contributed by atoms with van der Waals surface area (Å²) in [7, 11) is -1.20. The van der Waals surface area contributed by atoms with Crippen molar-refractivity contribution in [3.63, 3.8) is 0 Å². The molecule has 0 heterocycles. The average Bonchev–Trinajstić information content (AvgIpc) is 2.45. The highest BCUT2D eigenvalue weighted by molar-refractivity contribution is 6.88. The zero-order chi connectivity index (χ0) is 15.3. The minimum absolute atomic E-state index is 0.696. The highest BCUT2D eigenvalue weighted by Gasteiger charge is 2.15. The first-order chi connectivity index (χ1) is 9.99. The predicted octanol–water partition coefficient (Wildman–Crippen LogP) is 4.24. The van der Waals surface area contributed by atoms with E-state index in [0.717, 1.165) is 18.0 Å². The molecule has 0 saturated carbocycles. The number of nitrogens with one attached hydrogen (secondary N) is 1. The molecule has 2 aromatic rings. The monoisotopic (exact) mass is 299 g/mol. The SMILES string of the molecule is CCOc1cccc(NCc2ccc([Si](C)(C)C)cc2)c1. The Bertz CT molecular complexity index is 573. The number of anilines is 1. The fraction of sp³-hybridized carbons (Fsp3) is 0.333. The summed E-state index contributed by atoms with van der Waals surface area (Å²) in [6.45, 7) is 10.7. The van der Waals surface area contributed by atoms with Crippen LogP contribution in [0, 0.1) is 0 Å². The van der Waals surface area contributed by atoms with Gasteiger partial charge in [0.2, 0.25) is 0 Å². The molecule has 2 nitrogen and oxygen atoms in total. The van der Waals surface area contributed by atoms with E-state index in [1.165, 1.54) is 10.8 Å². The van der Waals surface area contributed by atoms with E-state index in [0.29, 0.717) is 6.61 Å². The number of hydrogen-bond donors (Lipinski definition) is 1. The van der Waals surface area contributed by atoms with E-state index in [2.05, 4.69) is 55.3 Å². The maximum Gasteiger partial charge on any atom is 0.121 e. The minimum Gasteiger partial charge on any atom is -0.494 e. The third-order valence-electron chi connectivity index (χ3n) is 3.46. The van der Waals surface area contributed by atoms with Gasteiger partial charge >= 0.3 is 0 Å². The van der Waals surface area contributed by atoms with E-state index >= 15 is 0 Å². The lowest BCUT2D eigenvalue weighted by molar-refractivity contribution is 0.340. The van der Waals surface area contributed by atoms with Crippen LogP contribution >= 0.6 is 0 Å². The van der Waals surface area contributed by atoms with Gasteiger partial charge in [-0.05, 0) is 24.6 Å². The molecule has 0 saturated heterocycles. The fourth-order valence-electron chi connectivity index (χ4n) is 2.19. The topological polar surface area (TPSA) is 21.3 Å². The first-order valence-electron chi connectivity index (χ1n) is 7.55. The Kier molecular flexibility index (Phi) is 5.07. The third kappa shape index (κ3) is 4.64. The van der Waals surface area contributed by atoms with Gasteiger partial charge in [0.05, 0.1) is 14.7 Å². The van der Waals surface area contributed by atoms with Crippen LogP contribution in [0.5, 0.6) is 5.75 Å². The standard InChI is InChI=1S/C18H25NOSi/c1-5-20-17-8-6-7-16(13-17)19-14-15-9-11-18(12-10-15)21(2,3)4/h6-13,19H,5,14H2,1-4H3. The summed E-state index contributed by atoms with van der Waals surface area (Å²) in [5.74, 6) is 0.914. The van der Waals surface area contributed by atoms with E-state index in [-0.39, 0.29) is 0 Å². The van der Waals surface area contributed by atoms with Gasteiger partial charge in [0.1, 0.15) is 5.75 Å². The van der Waals surface area contributed by atoms with Gasteiger partial charge in [-0.2, -0.15) is 0 Å². The van der Waals surface area contributed by atoms with Crippen molar-refractivity contribution in [1.29, 1.82) is 0 Å². The van der Waals surface area contributed by atoms with Crippen molar-refractivity contribution in [3.05, 3.63) is 54.1 Å². The molecule has 0 spiro atoms. The molecular formula is C18H25NOSi. The Morgan fingerprint density at radius 3 is 2.33 bits per heavy atom. The van der Waals surface area contributed by atoms with Crippen molar-refractivity contribution in [2.45, 2.75) is 33.1 Å². The van der Waals surface area contributed by atoms with E-state index < -0.39 is 8.07 Å². The molecule has 0 fully saturated rings. The molecule has 0 radical (unpaired) electrons. The largest absolute Gasteiger partial charge is 0.494 e. The lowest BCUT2D eigenvalue weighted by Gasteiger charge is -2.17. The van der Waals surface area contributed by atoms with Gasteiger partial charge in [0.25, 0.3) is 0 Å². The summed E-state index contributed by atoms with van der Waals surface area (Å²) >= 11 is 0.